The normalized spacial score (nSPS) is 11.9. The second-order valence-corrected chi connectivity index (χ2v) is 10.3. The number of nitrogens with one attached hydrogen (secondary N) is 3. The van der Waals surface area contributed by atoms with Gasteiger partial charge in [-0.15, -0.1) is 0 Å². The van der Waals surface area contributed by atoms with Crippen LogP contribution in [0.15, 0.2) is 53.7 Å². The number of nitrogens with zero attached hydrogens (tertiary/aromatic N) is 2. The molecule has 0 fully saturated rings. The summed E-state index contributed by atoms with van der Waals surface area (Å²) in [5.74, 6) is -0.0641. The number of carbonyl (C=O) groups is 2. The molecule has 2 aromatic heterocycles. The standard InChI is InChI=1S/C23H29N5O5S/c1-5-25-34(31,32)18-8-6-7-16(13-18)17-9-10-20-26-19(15-28(20)14-17)27-22(30)24-12-11-21(29)33-23(2,3)4/h6-10,13-15,25H,5,11-12H2,1-4H3,(H2,24,27,30). The molecule has 0 bridgehead atoms. The van der Waals surface area contributed by atoms with Gasteiger partial charge in [0.05, 0.1) is 17.5 Å². The quantitative estimate of drug-likeness (QED) is 0.418. The molecule has 2 amide bonds. The van der Waals surface area contributed by atoms with Crippen LogP contribution in [-0.2, 0) is 19.6 Å². The summed E-state index contributed by atoms with van der Waals surface area (Å²) in [6, 6.07) is 9.76. The summed E-state index contributed by atoms with van der Waals surface area (Å²) >= 11 is 0. The van der Waals surface area contributed by atoms with E-state index in [1.54, 1.807) is 68.8 Å². The number of hydrogen-bond donors (Lipinski definition) is 3. The molecule has 10 nitrogen and oxygen atoms in total. The minimum atomic E-state index is -3.57. The first-order valence-electron chi connectivity index (χ1n) is 10.8. The summed E-state index contributed by atoms with van der Waals surface area (Å²) in [5.41, 5.74) is 1.54. The number of urea groups is 1. The average molecular weight is 488 g/mol. The van der Waals surface area contributed by atoms with Crippen LogP contribution in [0, 0.1) is 0 Å². The van der Waals surface area contributed by atoms with Crippen molar-refractivity contribution < 1.29 is 22.7 Å². The monoisotopic (exact) mass is 487 g/mol. The molecule has 0 unspecified atom stereocenters. The Morgan fingerprint density at radius 2 is 1.85 bits per heavy atom. The third-order valence-corrected chi connectivity index (χ3v) is 6.08. The smallest absolute Gasteiger partial charge is 0.320 e. The molecule has 0 atom stereocenters. The topological polar surface area (TPSA) is 131 Å². The SMILES string of the molecule is CCNS(=O)(=O)c1cccc(-c2ccc3nc(NC(=O)NCCC(=O)OC(C)(C)C)cn3c2)c1. The Labute approximate surface area is 198 Å². The van der Waals surface area contributed by atoms with Crippen molar-refractivity contribution in [2.75, 3.05) is 18.4 Å². The number of sulfonamides is 1. The van der Waals surface area contributed by atoms with Crippen molar-refractivity contribution in [1.29, 1.82) is 0 Å². The van der Waals surface area contributed by atoms with Gasteiger partial charge in [0, 0.05) is 19.3 Å². The number of amides is 2. The van der Waals surface area contributed by atoms with Crippen LogP contribution in [-0.4, -0.2) is 48.5 Å². The molecule has 0 aliphatic heterocycles. The zero-order valence-corrected chi connectivity index (χ0v) is 20.4. The first-order chi connectivity index (χ1) is 16.0. The van der Waals surface area contributed by atoms with Gasteiger partial charge < -0.3 is 14.5 Å². The van der Waals surface area contributed by atoms with E-state index in [0.29, 0.717) is 18.0 Å². The van der Waals surface area contributed by atoms with Crippen molar-refractivity contribution in [3.05, 3.63) is 48.8 Å². The highest BCUT2D eigenvalue weighted by molar-refractivity contribution is 7.89. The third kappa shape index (κ3) is 6.78. The van der Waals surface area contributed by atoms with Crippen molar-refractivity contribution in [2.24, 2.45) is 0 Å². The van der Waals surface area contributed by atoms with E-state index in [2.05, 4.69) is 20.3 Å². The number of hydrogen-bond acceptors (Lipinski definition) is 6. The van der Waals surface area contributed by atoms with Crippen LogP contribution in [0.4, 0.5) is 10.6 Å². The lowest BCUT2D eigenvalue weighted by molar-refractivity contribution is -0.154. The molecule has 0 aliphatic carbocycles. The van der Waals surface area contributed by atoms with Gasteiger partial charge in [-0.2, -0.15) is 0 Å². The summed E-state index contributed by atoms with van der Waals surface area (Å²) < 4.78 is 34.0. The van der Waals surface area contributed by atoms with Crippen LogP contribution in [0.3, 0.4) is 0 Å². The lowest BCUT2D eigenvalue weighted by atomic mass is 10.1. The minimum Gasteiger partial charge on any atom is -0.460 e. The third-order valence-electron chi connectivity index (χ3n) is 4.54. The molecule has 182 valence electrons. The Bertz CT molecular complexity index is 1290. The molecule has 0 aliphatic rings. The molecular weight excluding hydrogens is 458 g/mol. The van der Waals surface area contributed by atoms with E-state index in [-0.39, 0.29) is 17.9 Å². The van der Waals surface area contributed by atoms with Gasteiger partial charge in [0.1, 0.15) is 11.2 Å². The van der Waals surface area contributed by atoms with Gasteiger partial charge in [0.2, 0.25) is 10.0 Å². The molecule has 0 spiro atoms. The van der Waals surface area contributed by atoms with Crippen LogP contribution in [0.2, 0.25) is 0 Å². The number of ether oxygens (including phenoxy) is 1. The van der Waals surface area contributed by atoms with Gasteiger partial charge in [-0.3, -0.25) is 10.1 Å². The van der Waals surface area contributed by atoms with Crippen LogP contribution < -0.4 is 15.4 Å². The summed E-state index contributed by atoms with van der Waals surface area (Å²) in [7, 11) is -3.57. The fraction of sp³-hybridized carbons (Fsp3) is 0.348. The van der Waals surface area contributed by atoms with E-state index in [9.17, 15) is 18.0 Å². The fourth-order valence-electron chi connectivity index (χ4n) is 3.17. The second-order valence-electron chi connectivity index (χ2n) is 8.56. The van der Waals surface area contributed by atoms with E-state index >= 15 is 0 Å². The van der Waals surface area contributed by atoms with Gasteiger partial charge in [0.25, 0.3) is 0 Å². The molecule has 1 aromatic carbocycles. The highest BCUT2D eigenvalue weighted by Gasteiger charge is 2.16. The maximum atomic E-state index is 12.3. The van der Waals surface area contributed by atoms with Crippen molar-refractivity contribution >= 4 is 33.5 Å². The Hall–Kier alpha value is -3.44. The first-order valence-corrected chi connectivity index (χ1v) is 12.3. The van der Waals surface area contributed by atoms with Crippen molar-refractivity contribution in [3.8, 4) is 11.1 Å². The number of esters is 1. The lowest BCUT2D eigenvalue weighted by Gasteiger charge is -2.19. The Morgan fingerprint density at radius 1 is 1.09 bits per heavy atom. The van der Waals surface area contributed by atoms with E-state index in [4.69, 9.17) is 4.74 Å². The number of benzene rings is 1. The van der Waals surface area contributed by atoms with E-state index in [0.717, 1.165) is 11.1 Å². The molecule has 0 radical (unpaired) electrons. The maximum absolute atomic E-state index is 12.3. The maximum Gasteiger partial charge on any atom is 0.320 e. The van der Waals surface area contributed by atoms with Crippen LogP contribution in [0.5, 0.6) is 0 Å². The zero-order valence-electron chi connectivity index (χ0n) is 19.6. The number of carbonyl (C=O) groups excluding carboxylic acids is 2. The zero-order chi connectivity index (χ0) is 24.9. The number of rotatable bonds is 8. The van der Waals surface area contributed by atoms with Gasteiger partial charge in [-0.25, -0.2) is 22.9 Å². The number of pyridine rings is 1. The van der Waals surface area contributed by atoms with Crippen LogP contribution >= 0.6 is 0 Å². The summed E-state index contributed by atoms with van der Waals surface area (Å²) in [5, 5.41) is 5.23. The van der Waals surface area contributed by atoms with Gasteiger partial charge in [0.15, 0.2) is 5.82 Å². The highest BCUT2D eigenvalue weighted by Crippen LogP contribution is 2.24. The number of fused-ring (bicyclic) bond motifs is 1. The molecule has 0 saturated carbocycles. The van der Waals surface area contributed by atoms with Gasteiger partial charge >= 0.3 is 12.0 Å². The highest BCUT2D eigenvalue weighted by atomic mass is 32.2. The van der Waals surface area contributed by atoms with Crippen LogP contribution in [0.25, 0.3) is 16.8 Å². The molecule has 0 saturated heterocycles. The molecular formula is C23H29N5O5S. The average Bonchev–Trinajstić information content (AvgIpc) is 3.13. The molecule has 3 aromatic rings. The summed E-state index contributed by atoms with van der Waals surface area (Å²) in [6.07, 6.45) is 3.50. The molecule has 3 rings (SSSR count). The minimum absolute atomic E-state index is 0.0573. The number of aromatic nitrogens is 2. The number of imidazole rings is 1. The molecule has 11 heteroatoms. The van der Waals surface area contributed by atoms with Gasteiger partial charge in [-0.1, -0.05) is 19.1 Å². The number of anilines is 1. The predicted octanol–water partition coefficient (Wildman–Crippen LogP) is 3.15. The predicted molar refractivity (Wildman–Crippen MR) is 129 cm³/mol. The molecule has 2 heterocycles. The summed E-state index contributed by atoms with van der Waals surface area (Å²) in [4.78, 5) is 28.4. The van der Waals surface area contributed by atoms with Crippen molar-refractivity contribution in [2.45, 2.75) is 44.6 Å². The second kappa shape index (κ2) is 10.2. The fourth-order valence-corrected chi connectivity index (χ4v) is 4.26. The summed E-state index contributed by atoms with van der Waals surface area (Å²) in [6.45, 7) is 7.50. The van der Waals surface area contributed by atoms with Gasteiger partial charge in [-0.05, 0) is 56.2 Å². The lowest BCUT2D eigenvalue weighted by Crippen LogP contribution is -2.32. The van der Waals surface area contributed by atoms with Crippen molar-refractivity contribution in [1.82, 2.24) is 19.4 Å². The van der Waals surface area contributed by atoms with Crippen LogP contribution in [0.1, 0.15) is 34.1 Å². The Morgan fingerprint density at radius 3 is 2.56 bits per heavy atom. The first kappa shape index (κ1) is 25.2. The molecule has 34 heavy (non-hydrogen) atoms. The Kier molecular flexibility index (Phi) is 7.57. The van der Waals surface area contributed by atoms with E-state index in [1.807, 2.05) is 12.1 Å². The Balaban J connectivity index is 1.67. The molecule has 3 N–H and O–H groups in total. The van der Waals surface area contributed by atoms with Crippen molar-refractivity contribution in [3.63, 3.8) is 0 Å². The van der Waals surface area contributed by atoms with E-state index in [1.165, 1.54) is 0 Å². The largest absolute Gasteiger partial charge is 0.460 e. The van der Waals surface area contributed by atoms with E-state index < -0.39 is 27.6 Å².